The lowest BCUT2D eigenvalue weighted by molar-refractivity contribution is -0.124. The maximum absolute atomic E-state index is 13.0. The molecule has 24 heavy (non-hydrogen) atoms. The summed E-state index contributed by atoms with van der Waals surface area (Å²) >= 11 is 0. The minimum atomic E-state index is -0.378. The average molecular weight is 333 g/mol. The third-order valence-electron chi connectivity index (χ3n) is 4.26. The fourth-order valence-corrected chi connectivity index (χ4v) is 2.97. The van der Waals surface area contributed by atoms with Crippen LogP contribution in [0.25, 0.3) is 0 Å². The Labute approximate surface area is 139 Å². The molecule has 2 aliphatic heterocycles. The van der Waals surface area contributed by atoms with Gasteiger partial charge in [-0.3, -0.25) is 9.59 Å². The summed E-state index contributed by atoms with van der Waals surface area (Å²) in [6.07, 6.45) is 2.03. The molecule has 2 heterocycles. The van der Waals surface area contributed by atoms with Gasteiger partial charge in [-0.15, -0.1) is 0 Å². The van der Waals surface area contributed by atoms with Crippen molar-refractivity contribution in [1.29, 1.82) is 0 Å². The van der Waals surface area contributed by atoms with E-state index in [-0.39, 0.29) is 29.7 Å². The van der Waals surface area contributed by atoms with Crippen molar-refractivity contribution in [3.63, 3.8) is 0 Å². The molecule has 0 aromatic heterocycles. The van der Waals surface area contributed by atoms with Gasteiger partial charge in [-0.2, -0.15) is 0 Å². The van der Waals surface area contributed by atoms with Gasteiger partial charge in [0.1, 0.15) is 11.9 Å². The van der Waals surface area contributed by atoms with Crippen LogP contribution in [-0.4, -0.2) is 41.7 Å². The summed E-state index contributed by atoms with van der Waals surface area (Å²) < 4.78 is 13.0. The first-order valence-electron chi connectivity index (χ1n) is 8.11. The summed E-state index contributed by atoms with van der Waals surface area (Å²) in [6.45, 7) is 2.83. The van der Waals surface area contributed by atoms with Gasteiger partial charge in [-0.05, 0) is 44.0 Å². The number of hydrogen-bond donors (Lipinski definition) is 1. The maximum Gasteiger partial charge on any atom is 0.253 e. The number of likely N-dealkylation sites (tertiary alicyclic amines) is 1. The average Bonchev–Trinajstić information content (AvgIpc) is 3.00. The Kier molecular flexibility index (Phi) is 4.78. The number of carbonyl (C=O) groups excluding carboxylic acids is 2. The van der Waals surface area contributed by atoms with Gasteiger partial charge < -0.3 is 15.1 Å². The standard InChI is InChI=1S/C17H20FN3O3/c1-11-9-15(20-24-11)19-16(22)13-3-2-8-21(10-13)17(23)12-4-6-14(18)7-5-12/h4-7,11,13H,2-3,8-10H2,1H3,(H,19,20,22)/t11-,13-/m1/s1. The number of rotatable bonds is 2. The Morgan fingerprint density at radius 1 is 1.33 bits per heavy atom. The Balaban J connectivity index is 1.60. The molecule has 3 rings (SSSR count). The van der Waals surface area contributed by atoms with Crippen molar-refractivity contribution in [3.8, 4) is 0 Å². The van der Waals surface area contributed by atoms with Crippen LogP contribution >= 0.6 is 0 Å². The van der Waals surface area contributed by atoms with Crippen molar-refractivity contribution >= 4 is 17.6 Å². The van der Waals surface area contributed by atoms with Crippen LogP contribution in [0.15, 0.2) is 29.4 Å². The fourth-order valence-electron chi connectivity index (χ4n) is 2.97. The number of nitrogens with zero attached hydrogens (tertiary/aromatic N) is 2. The Bertz CT molecular complexity index is 660. The van der Waals surface area contributed by atoms with Gasteiger partial charge in [0, 0.05) is 25.1 Å². The molecule has 6 nitrogen and oxygen atoms in total. The molecule has 0 radical (unpaired) electrons. The Hall–Kier alpha value is -2.44. The zero-order chi connectivity index (χ0) is 17.1. The third-order valence-corrected chi connectivity index (χ3v) is 4.26. The van der Waals surface area contributed by atoms with Gasteiger partial charge in [0.2, 0.25) is 5.91 Å². The smallest absolute Gasteiger partial charge is 0.253 e. The second-order valence-corrected chi connectivity index (χ2v) is 6.24. The van der Waals surface area contributed by atoms with Gasteiger partial charge in [0.25, 0.3) is 5.91 Å². The fraction of sp³-hybridized carbons (Fsp3) is 0.471. The van der Waals surface area contributed by atoms with Crippen molar-refractivity contribution in [3.05, 3.63) is 35.6 Å². The molecule has 1 aromatic carbocycles. The second kappa shape index (κ2) is 6.98. The number of nitrogens with one attached hydrogen (secondary N) is 1. The van der Waals surface area contributed by atoms with E-state index < -0.39 is 0 Å². The van der Waals surface area contributed by atoms with Crippen molar-refractivity contribution in [2.45, 2.75) is 32.3 Å². The lowest BCUT2D eigenvalue weighted by atomic mass is 9.96. The van der Waals surface area contributed by atoms with Crippen molar-refractivity contribution in [2.24, 2.45) is 11.1 Å². The van der Waals surface area contributed by atoms with E-state index in [4.69, 9.17) is 4.84 Å². The second-order valence-electron chi connectivity index (χ2n) is 6.24. The molecular weight excluding hydrogens is 313 g/mol. The number of piperidine rings is 1. The molecule has 7 heteroatoms. The normalized spacial score (nSPS) is 23.4. The van der Waals surface area contributed by atoms with E-state index in [0.717, 1.165) is 12.8 Å². The molecule has 0 aliphatic carbocycles. The molecule has 0 saturated carbocycles. The number of benzene rings is 1. The molecule has 0 unspecified atom stereocenters. The van der Waals surface area contributed by atoms with Gasteiger partial charge in [-0.25, -0.2) is 4.39 Å². The molecule has 0 spiro atoms. The molecular formula is C17H20FN3O3. The predicted octanol–water partition coefficient (Wildman–Crippen LogP) is 1.92. The van der Waals surface area contributed by atoms with Crippen LogP contribution in [0.1, 0.15) is 36.5 Å². The van der Waals surface area contributed by atoms with Crippen molar-refractivity contribution in [1.82, 2.24) is 10.2 Å². The summed E-state index contributed by atoms with van der Waals surface area (Å²) in [5.74, 6) is -0.432. The SMILES string of the molecule is C[C@@H]1CC(NC(=O)[C@@H]2CCCN(C(=O)c3ccc(F)cc3)C2)=NO1. The molecule has 0 bridgehead atoms. The zero-order valence-corrected chi connectivity index (χ0v) is 13.5. The molecule has 1 fully saturated rings. The minimum Gasteiger partial charge on any atom is -0.391 e. The zero-order valence-electron chi connectivity index (χ0n) is 13.5. The van der Waals surface area contributed by atoms with Gasteiger partial charge in [0.15, 0.2) is 5.84 Å². The number of halogens is 1. The summed E-state index contributed by atoms with van der Waals surface area (Å²) in [7, 11) is 0. The van der Waals surface area contributed by atoms with E-state index in [1.165, 1.54) is 24.3 Å². The molecule has 2 aliphatic rings. The van der Waals surface area contributed by atoms with Crippen LogP contribution in [0, 0.1) is 11.7 Å². The van der Waals surface area contributed by atoms with Crippen LogP contribution in [0.5, 0.6) is 0 Å². The molecule has 1 saturated heterocycles. The van der Waals surface area contributed by atoms with Crippen LogP contribution in [0.2, 0.25) is 0 Å². The topological polar surface area (TPSA) is 71.0 Å². The highest BCUT2D eigenvalue weighted by Gasteiger charge is 2.30. The van der Waals surface area contributed by atoms with Gasteiger partial charge in [0.05, 0.1) is 5.92 Å². The minimum absolute atomic E-state index is 0.0248. The van der Waals surface area contributed by atoms with Gasteiger partial charge in [-0.1, -0.05) is 5.16 Å². The predicted molar refractivity (Wildman–Crippen MR) is 85.8 cm³/mol. The van der Waals surface area contributed by atoms with Gasteiger partial charge >= 0.3 is 0 Å². The monoisotopic (exact) mass is 333 g/mol. The van der Waals surface area contributed by atoms with Crippen LogP contribution < -0.4 is 5.32 Å². The Morgan fingerprint density at radius 3 is 2.75 bits per heavy atom. The lowest BCUT2D eigenvalue weighted by Crippen LogP contribution is -2.46. The quantitative estimate of drug-likeness (QED) is 0.899. The molecule has 2 amide bonds. The van der Waals surface area contributed by atoms with Crippen molar-refractivity contribution in [2.75, 3.05) is 13.1 Å². The van der Waals surface area contributed by atoms with E-state index in [1.54, 1.807) is 4.90 Å². The molecule has 1 N–H and O–H groups in total. The third kappa shape index (κ3) is 3.72. The van der Waals surface area contributed by atoms with Crippen molar-refractivity contribution < 1.29 is 18.8 Å². The highest BCUT2D eigenvalue weighted by Crippen LogP contribution is 2.19. The number of oxime groups is 1. The van der Waals surface area contributed by atoms with E-state index in [9.17, 15) is 14.0 Å². The van der Waals surface area contributed by atoms with E-state index in [1.807, 2.05) is 6.92 Å². The first kappa shape index (κ1) is 16.4. The van der Waals surface area contributed by atoms with E-state index in [2.05, 4.69) is 10.5 Å². The number of hydrogen-bond acceptors (Lipinski definition) is 4. The van der Waals surface area contributed by atoms with Crippen LogP contribution in [-0.2, 0) is 9.63 Å². The largest absolute Gasteiger partial charge is 0.391 e. The number of amides is 2. The van der Waals surface area contributed by atoms with E-state index >= 15 is 0 Å². The van der Waals surface area contributed by atoms with E-state index in [0.29, 0.717) is 30.9 Å². The first-order valence-corrected chi connectivity index (χ1v) is 8.11. The summed E-state index contributed by atoms with van der Waals surface area (Å²) in [6, 6.07) is 5.46. The number of carbonyl (C=O) groups is 2. The highest BCUT2D eigenvalue weighted by atomic mass is 19.1. The summed E-state index contributed by atoms with van der Waals surface area (Å²) in [4.78, 5) is 31.6. The Morgan fingerprint density at radius 2 is 2.08 bits per heavy atom. The molecule has 128 valence electrons. The van der Waals surface area contributed by atoms with Crippen LogP contribution in [0.3, 0.4) is 0 Å². The van der Waals surface area contributed by atoms with Crippen LogP contribution in [0.4, 0.5) is 4.39 Å². The first-order chi connectivity index (χ1) is 11.5. The molecule has 1 aromatic rings. The summed E-state index contributed by atoms with van der Waals surface area (Å²) in [5, 5.41) is 6.61. The lowest BCUT2D eigenvalue weighted by Gasteiger charge is -2.32. The highest BCUT2D eigenvalue weighted by molar-refractivity contribution is 6.00. The maximum atomic E-state index is 13.0. The molecule has 2 atom stereocenters. The number of amidine groups is 1. The summed E-state index contributed by atoms with van der Waals surface area (Å²) in [5.41, 5.74) is 0.430.